The van der Waals surface area contributed by atoms with Crippen LogP contribution in [0.25, 0.3) is 0 Å². The van der Waals surface area contributed by atoms with Crippen LogP contribution < -0.4 is 5.32 Å². The van der Waals surface area contributed by atoms with Gasteiger partial charge >= 0.3 is 0 Å². The van der Waals surface area contributed by atoms with E-state index >= 15 is 0 Å². The summed E-state index contributed by atoms with van der Waals surface area (Å²) in [6.45, 7) is 0.875. The molecule has 0 aliphatic carbocycles. The number of nitrogens with one attached hydrogen (secondary N) is 1. The smallest absolute Gasteiger partial charge is 0.217 e. The third kappa shape index (κ3) is 2.82. The lowest BCUT2D eigenvalue weighted by molar-refractivity contribution is -0.173. The van der Waals surface area contributed by atoms with Crippen molar-refractivity contribution in [2.24, 2.45) is 0 Å². The van der Waals surface area contributed by atoms with Crippen molar-refractivity contribution < 1.29 is 24.9 Å². The van der Waals surface area contributed by atoms with E-state index in [9.17, 15) is 15.0 Å². The highest BCUT2D eigenvalue weighted by Gasteiger charge is 2.43. The Bertz CT molecular complexity index is 239. The number of aliphatic hydroxyl groups excluding tert-OH is 3. The quantitative estimate of drug-likeness (QED) is 0.353. The molecule has 15 heavy (non-hydrogen) atoms. The summed E-state index contributed by atoms with van der Waals surface area (Å²) in [5.41, 5.74) is -0.760. The molecule has 1 aliphatic rings. The third-order valence-corrected chi connectivity index (χ3v) is 2.71. The molecule has 4 unspecified atom stereocenters. The van der Waals surface area contributed by atoms with Crippen LogP contribution in [0.1, 0.15) is 6.92 Å². The summed E-state index contributed by atoms with van der Waals surface area (Å²) in [5, 5.41) is 30.4. The van der Waals surface area contributed by atoms with E-state index in [-0.39, 0.29) is 5.91 Å². The molecule has 4 N–H and O–H groups in total. The van der Waals surface area contributed by atoms with Crippen LogP contribution in [-0.4, -0.2) is 57.6 Å². The number of carbonyl (C=O) groups is 1. The molecule has 1 rings (SSSR count). The standard InChI is InChI=1S/C8H15NO5S/c1-3(11)9-5-7(13)6(12)4(2-10)14-8(5)15/h4-8,10,12-13,15H,2H2,1H3,(H,9,11)/t4?,5?,6-,7?,8?/m1/s1. The lowest BCUT2D eigenvalue weighted by Gasteiger charge is -2.40. The maximum absolute atomic E-state index is 10.8. The van der Waals surface area contributed by atoms with Crippen molar-refractivity contribution in [3.05, 3.63) is 0 Å². The van der Waals surface area contributed by atoms with Crippen molar-refractivity contribution in [1.29, 1.82) is 0 Å². The highest BCUT2D eigenvalue weighted by molar-refractivity contribution is 7.80. The van der Waals surface area contributed by atoms with Gasteiger partial charge in [-0.2, -0.15) is 0 Å². The number of thiol groups is 1. The van der Waals surface area contributed by atoms with Crippen LogP contribution in [-0.2, 0) is 9.53 Å². The van der Waals surface area contributed by atoms with E-state index in [4.69, 9.17) is 9.84 Å². The van der Waals surface area contributed by atoms with Crippen molar-refractivity contribution in [3.8, 4) is 0 Å². The van der Waals surface area contributed by atoms with Crippen molar-refractivity contribution in [1.82, 2.24) is 5.32 Å². The second-order valence-electron chi connectivity index (χ2n) is 3.46. The molecule has 1 heterocycles. The molecular weight excluding hydrogens is 222 g/mol. The van der Waals surface area contributed by atoms with Crippen LogP contribution in [0.15, 0.2) is 0 Å². The average Bonchev–Trinajstić information content (AvgIpc) is 2.18. The number of aliphatic hydroxyl groups is 3. The number of hydrogen-bond acceptors (Lipinski definition) is 6. The van der Waals surface area contributed by atoms with E-state index in [0.29, 0.717) is 0 Å². The predicted octanol–water partition coefficient (Wildman–Crippen LogP) is -2.14. The highest BCUT2D eigenvalue weighted by atomic mass is 32.1. The van der Waals surface area contributed by atoms with Crippen LogP contribution in [0.5, 0.6) is 0 Å². The Labute approximate surface area is 92.7 Å². The minimum Gasteiger partial charge on any atom is -0.394 e. The first-order chi connectivity index (χ1) is 6.97. The molecule has 0 saturated carbocycles. The number of rotatable bonds is 2. The molecular formula is C8H15NO5S. The first kappa shape index (κ1) is 12.7. The second-order valence-corrected chi connectivity index (χ2v) is 3.96. The van der Waals surface area contributed by atoms with Gasteiger partial charge in [0.1, 0.15) is 23.7 Å². The van der Waals surface area contributed by atoms with Crippen LogP contribution in [0, 0.1) is 0 Å². The molecule has 1 aliphatic heterocycles. The van der Waals surface area contributed by atoms with Crippen molar-refractivity contribution in [2.45, 2.75) is 36.7 Å². The lowest BCUT2D eigenvalue weighted by atomic mass is 9.98. The molecule has 5 atom stereocenters. The van der Waals surface area contributed by atoms with Crippen LogP contribution >= 0.6 is 12.6 Å². The Morgan fingerprint density at radius 3 is 2.53 bits per heavy atom. The fraction of sp³-hybridized carbons (Fsp3) is 0.875. The molecule has 0 aromatic carbocycles. The Balaban J connectivity index is 2.70. The summed E-state index contributed by atoms with van der Waals surface area (Å²) in [5.74, 6) is -0.351. The third-order valence-electron chi connectivity index (χ3n) is 2.27. The zero-order valence-corrected chi connectivity index (χ0v) is 9.09. The van der Waals surface area contributed by atoms with Crippen molar-refractivity contribution in [3.63, 3.8) is 0 Å². The molecule has 88 valence electrons. The fourth-order valence-corrected chi connectivity index (χ4v) is 1.89. The summed E-state index contributed by atoms with van der Waals surface area (Å²) in [6.07, 6.45) is -3.33. The number of amides is 1. The SMILES string of the molecule is CC(=O)NC1C(S)OC(CO)[C@@H](O)C1O. The number of carbonyl (C=O) groups excluding carboxylic acids is 1. The van der Waals surface area contributed by atoms with Gasteiger partial charge in [-0.05, 0) is 0 Å². The average molecular weight is 237 g/mol. The van der Waals surface area contributed by atoms with E-state index in [1.54, 1.807) is 0 Å². The van der Waals surface area contributed by atoms with Gasteiger partial charge < -0.3 is 25.4 Å². The zero-order chi connectivity index (χ0) is 11.6. The normalized spacial score (nSPS) is 41.3. The molecule has 0 aromatic rings. The van der Waals surface area contributed by atoms with Crippen LogP contribution in [0.3, 0.4) is 0 Å². The maximum atomic E-state index is 10.8. The number of ether oxygens (including phenoxy) is 1. The zero-order valence-electron chi connectivity index (χ0n) is 8.20. The van der Waals surface area contributed by atoms with Crippen LogP contribution in [0.4, 0.5) is 0 Å². The van der Waals surface area contributed by atoms with Gasteiger partial charge in [-0.3, -0.25) is 4.79 Å². The van der Waals surface area contributed by atoms with E-state index in [2.05, 4.69) is 17.9 Å². The minimum absolute atomic E-state index is 0.351. The maximum Gasteiger partial charge on any atom is 0.217 e. The molecule has 0 aromatic heterocycles. The van der Waals surface area contributed by atoms with Gasteiger partial charge in [-0.1, -0.05) is 0 Å². The first-order valence-electron chi connectivity index (χ1n) is 4.55. The molecule has 0 bridgehead atoms. The fourth-order valence-electron chi connectivity index (χ4n) is 1.49. The summed E-state index contributed by atoms with van der Waals surface area (Å²) in [6, 6.07) is -0.788. The largest absolute Gasteiger partial charge is 0.394 e. The van der Waals surface area contributed by atoms with Gasteiger partial charge in [-0.15, -0.1) is 12.6 Å². The molecule has 6 nitrogen and oxygen atoms in total. The lowest BCUT2D eigenvalue weighted by Crippen LogP contribution is -2.62. The molecule has 1 fully saturated rings. The van der Waals surface area contributed by atoms with E-state index in [0.717, 1.165) is 0 Å². The summed E-state index contributed by atoms with van der Waals surface area (Å²) >= 11 is 4.02. The van der Waals surface area contributed by atoms with E-state index in [1.807, 2.05) is 0 Å². The van der Waals surface area contributed by atoms with Crippen LogP contribution in [0.2, 0.25) is 0 Å². The van der Waals surface area contributed by atoms with Gasteiger partial charge in [0.25, 0.3) is 0 Å². The first-order valence-corrected chi connectivity index (χ1v) is 5.06. The summed E-state index contributed by atoms with van der Waals surface area (Å²) in [4.78, 5) is 10.8. The van der Waals surface area contributed by atoms with E-state index in [1.165, 1.54) is 6.92 Å². The summed E-state index contributed by atoms with van der Waals surface area (Å²) in [7, 11) is 0. The van der Waals surface area contributed by atoms with Gasteiger partial charge in [0, 0.05) is 6.92 Å². The molecule has 0 radical (unpaired) electrons. The molecule has 0 spiro atoms. The second kappa shape index (κ2) is 5.13. The van der Waals surface area contributed by atoms with Gasteiger partial charge in [0.15, 0.2) is 0 Å². The minimum atomic E-state index is -1.24. The molecule has 7 heteroatoms. The Kier molecular flexibility index (Phi) is 4.35. The Hall–Kier alpha value is -0.340. The summed E-state index contributed by atoms with van der Waals surface area (Å²) < 4.78 is 5.12. The Morgan fingerprint density at radius 2 is 2.07 bits per heavy atom. The van der Waals surface area contributed by atoms with Crippen molar-refractivity contribution >= 4 is 18.5 Å². The number of hydrogen-bond donors (Lipinski definition) is 5. The molecule has 1 amide bonds. The van der Waals surface area contributed by atoms with Gasteiger partial charge in [-0.25, -0.2) is 0 Å². The van der Waals surface area contributed by atoms with Gasteiger partial charge in [0.05, 0.1) is 12.6 Å². The highest BCUT2D eigenvalue weighted by Crippen LogP contribution is 2.22. The van der Waals surface area contributed by atoms with Gasteiger partial charge in [0.2, 0.25) is 5.91 Å². The molecule has 1 saturated heterocycles. The van der Waals surface area contributed by atoms with Crippen molar-refractivity contribution in [2.75, 3.05) is 6.61 Å². The monoisotopic (exact) mass is 237 g/mol. The predicted molar refractivity (Wildman–Crippen MR) is 54.4 cm³/mol. The van der Waals surface area contributed by atoms with E-state index < -0.39 is 36.4 Å². The topological polar surface area (TPSA) is 99.0 Å². The Morgan fingerprint density at radius 1 is 1.47 bits per heavy atom.